The van der Waals surface area contributed by atoms with Crippen molar-refractivity contribution >= 4 is 27.2 Å². The second-order valence-corrected chi connectivity index (χ2v) is 13.2. The van der Waals surface area contributed by atoms with Gasteiger partial charge in [-0.1, -0.05) is 81.8 Å². The van der Waals surface area contributed by atoms with E-state index in [1.54, 1.807) is 0 Å². The first-order valence-electron chi connectivity index (χ1n) is 14.1. The van der Waals surface area contributed by atoms with Crippen LogP contribution < -0.4 is 4.90 Å². The van der Waals surface area contributed by atoms with Crippen molar-refractivity contribution in [1.29, 1.82) is 0 Å². The van der Waals surface area contributed by atoms with E-state index in [-0.39, 0.29) is 16.6 Å². The molecule has 0 radical (unpaired) electrons. The average Bonchev–Trinajstić information content (AvgIpc) is 3.23. The van der Waals surface area contributed by atoms with Crippen LogP contribution in [0.2, 0.25) is 0 Å². The summed E-state index contributed by atoms with van der Waals surface area (Å²) in [6.45, 7) is 13.0. The van der Waals surface area contributed by atoms with Crippen LogP contribution >= 0.6 is 0 Å². The first-order chi connectivity index (χ1) is 18.5. The Bertz CT molecular complexity index is 1430. The zero-order valence-electron chi connectivity index (χ0n) is 24.0. The van der Waals surface area contributed by atoms with E-state index in [2.05, 4.69) is 117 Å². The van der Waals surface area contributed by atoms with Gasteiger partial charge in [0.15, 0.2) is 5.71 Å². The van der Waals surface area contributed by atoms with Crippen molar-refractivity contribution in [3.63, 3.8) is 0 Å². The number of unbranched alkanes of at least 4 members (excludes halogenated alkanes) is 2. The van der Waals surface area contributed by atoms with E-state index in [1.165, 1.54) is 28.2 Å². The van der Waals surface area contributed by atoms with Crippen molar-refractivity contribution in [2.75, 3.05) is 23.7 Å². The molecular formula is C33H43N2O3S+. The maximum absolute atomic E-state index is 11.2. The predicted molar refractivity (Wildman–Crippen MR) is 163 cm³/mol. The second kappa shape index (κ2) is 11.6. The Morgan fingerprint density at radius 2 is 1.56 bits per heavy atom. The van der Waals surface area contributed by atoms with Gasteiger partial charge < -0.3 is 4.90 Å². The van der Waals surface area contributed by atoms with Gasteiger partial charge in [-0.05, 0) is 44.4 Å². The second-order valence-electron chi connectivity index (χ2n) is 11.6. The molecule has 6 heteroatoms. The molecule has 0 aromatic heterocycles. The van der Waals surface area contributed by atoms with E-state index < -0.39 is 10.1 Å². The zero-order chi connectivity index (χ0) is 28.3. The highest BCUT2D eigenvalue weighted by atomic mass is 32.2. The van der Waals surface area contributed by atoms with Crippen molar-refractivity contribution in [3.05, 3.63) is 95.7 Å². The van der Waals surface area contributed by atoms with Crippen LogP contribution in [-0.4, -0.2) is 42.1 Å². The van der Waals surface area contributed by atoms with Crippen molar-refractivity contribution in [2.45, 2.75) is 71.1 Å². The highest BCUT2D eigenvalue weighted by Gasteiger charge is 2.43. The van der Waals surface area contributed by atoms with Gasteiger partial charge in [-0.2, -0.15) is 13.0 Å². The summed E-state index contributed by atoms with van der Waals surface area (Å²) in [4.78, 5) is 2.48. The molecule has 0 aliphatic carbocycles. The number of hydrogen-bond donors (Lipinski definition) is 1. The number of rotatable bonds is 11. The van der Waals surface area contributed by atoms with Crippen molar-refractivity contribution < 1.29 is 17.5 Å². The fraction of sp³-hybridized carbons (Fsp3) is 0.424. The fourth-order valence-electron chi connectivity index (χ4n) is 5.99. The molecule has 0 fully saturated rings. The van der Waals surface area contributed by atoms with Crippen LogP contribution in [0, 0.1) is 0 Å². The van der Waals surface area contributed by atoms with E-state index in [0.29, 0.717) is 19.4 Å². The van der Waals surface area contributed by atoms with Crippen LogP contribution in [0.5, 0.6) is 0 Å². The third kappa shape index (κ3) is 6.12. The molecule has 0 unspecified atom stereocenters. The van der Waals surface area contributed by atoms with Gasteiger partial charge in [0.1, 0.15) is 6.54 Å². The molecule has 2 aliphatic heterocycles. The fourth-order valence-corrected chi connectivity index (χ4v) is 6.56. The van der Waals surface area contributed by atoms with Crippen molar-refractivity contribution in [3.8, 4) is 0 Å². The summed E-state index contributed by atoms with van der Waals surface area (Å²) in [6, 6.07) is 17.2. The minimum Gasteiger partial charge on any atom is -0.344 e. The molecule has 0 saturated heterocycles. The van der Waals surface area contributed by atoms with Crippen LogP contribution in [0.1, 0.15) is 71.4 Å². The van der Waals surface area contributed by atoms with E-state index in [9.17, 15) is 8.42 Å². The molecule has 2 aromatic rings. The lowest BCUT2D eigenvalue weighted by Gasteiger charge is -2.27. The number of benzene rings is 2. The number of allylic oxidation sites excluding steroid dienone is 6. The van der Waals surface area contributed by atoms with Gasteiger partial charge in [0.25, 0.3) is 10.1 Å². The Morgan fingerprint density at radius 1 is 0.872 bits per heavy atom. The van der Waals surface area contributed by atoms with Crippen LogP contribution in [0.15, 0.2) is 84.6 Å². The van der Waals surface area contributed by atoms with Crippen molar-refractivity contribution in [1.82, 2.24) is 0 Å². The summed E-state index contributed by atoms with van der Waals surface area (Å²) in [5, 5.41) is 0. The Balaban J connectivity index is 1.58. The molecule has 0 bridgehead atoms. The number of nitrogens with zero attached hydrogens (tertiary/aromatic N) is 2. The zero-order valence-corrected chi connectivity index (χ0v) is 24.8. The molecular weight excluding hydrogens is 504 g/mol. The van der Waals surface area contributed by atoms with E-state index in [0.717, 1.165) is 25.1 Å². The van der Waals surface area contributed by atoms with Gasteiger partial charge in [-0.25, -0.2) is 0 Å². The Morgan fingerprint density at radius 3 is 2.28 bits per heavy atom. The molecule has 5 nitrogen and oxygen atoms in total. The molecule has 0 saturated carbocycles. The molecule has 1 N–H and O–H groups in total. The Kier molecular flexibility index (Phi) is 8.67. The molecule has 2 aromatic carbocycles. The SMILES string of the molecule is CCCCN1\C(=C/C=C/C=C/C2=[N+](CCCCS(=O)(=O)O)c3ccccc3C2(C)C)C(C)(C)c2ccccc21. The molecule has 4 rings (SSSR count). The number of fused-ring (bicyclic) bond motifs is 2. The van der Waals surface area contributed by atoms with Gasteiger partial charge in [-0.15, -0.1) is 0 Å². The lowest BCUT2D eigenvalue weighted by Crippen LogP contribution is -2.28. The summed E-state index contributed by atoms with van der Waals surface area (Å²) in [6.07, 6.45) is 14.2. The molecule has 208 valence electrons. The third-order valence-corrected chi connectivity index (χ3v) is 8.90. The van der Waals surface area contributed by atoms with Gasteiger partial charge in [0.2, 0.25) is 5.69 Å². The number of anilines is 1. The monoisotopic (exact) mass is 547 g/mol. The lowest BCUT2D eigenvalue weighted by atomic mass is 9.81. The van der Waals surface area contributed by atoms with Crippen LogP contribution in [-0.2, 0) is 20.9 Å². The summed E-state index contributed by atoms with van der Waals surface area (Å²) < 4.78 is 33.8. The lowest BCUT2D eigenvalue weighted by molar-refractivity contribution is -0.438. The third-order valence-electron chi connectivity index (χ3n) is 8.10. The Labute approximate surface area is 235 Å². The van der Waals surface area contributed by atoms with E-state index in [4.69, 9.17) is 4.55 Å². The van der Waals surface area contributed by atoms with Gasteiger partial charge in [-0.3, -0.25) is 4.55 Å². The summed E-state index contributed by atoms with van der Waals surface area (Å²) in [5.74, 6) is -0.204. The molecule has 0 atom stereocenters. The summed E-state index contributed by atoms with van der Waals surface area (Å²) in [7, 11) is -3.94. The highest BCUT2D eigenvalue weighted by Crippen LogP contribution is 2.47. The first kappa shape index (κ1) is 29.0. The molecule has 0 amide bonds. The number of hydrogen-bond acceptors (Lipinski definition) is 3. The van der Waals surface area contributed by atoms with Gasteiger partial charge >= 0.3 is 0 Å². The van der Waals surface area contributed by atoms with E-state index >= 15 is 0 Å². The summed E-state index contributed by atoms with van der Waals surface area (Å²) in [5.41, 5.74) is 7.41. The Hall–Kier alpha value is -2.96. The van der Waals surface area contributed by atoms with E-state index in [1.807, 2.05) is 6.07 Å². The van der Waals surface area contributed by atoms with Gasteiger partial charge in [0.05, 0.1) is 11.2 Å². The molecule has 39 heavy (non-hydrogen) atoms. The maximum Gasteiger partial charge on any atom is 0.264 e. The van der Waals surface area contributed by atoms with Crippen LogP contribution in [0.25, 0.3) is 0 Å². The topological polar surface area (TPSA) is 60.6 Å². The molecule has 0 spiro atoms. The van der Waals surface area contributed by atoms with Gasteiger partial charge in [0, 0.05) is 47.5 Å². The normalized spacial score (nSPS) is 19.0. The standard InChI is InChI=1S/C33H42N2O3S/c1-6-7-23-34-28-19-13-11-17-26(28)32(2,3)30(34)21-9-8-10-22-31-33(4,5)27-18-12-14-20-29(27)35(31)24-15-16-25-39(36,37)38/h8-14,17-22H,6-7,15-16,23-25H2,1-5H3/p+1. The van der Waals surface area contributed by atoms with Crippen molar-refractivity contribution in [2.24, 2.45) is 0 Å². The first-order valence-corrected chi connectivity index (χ1v) is 15.7. The number of para-hydroxylation sites is 2. The summed E-state index contributed by atoms with van der Waals surface area (Å²) >= 11 is 0. The minimum atomic E-state index is -3.94. The minimum absolute atomic E-state index is 0.0545. The smallest absolute Gasteiger partial charge is 0.264 e. The average molecular weight is 548 g/mol. The predicted octanol–water partition coefficient (Wildman–Crippen LogP) is 7.33. The maximum atomic E-state index is 11.2. The molecule has 2 aliphatic rings. The highest BCUT2D eigenvalue weighted by molar-refractivity contribution is 7.85. The van der Waals surface area contributed by atoms with Crippen LogP contribution in [0.3, 0.4) is 0 Å². The molecule has 2 heterocycles. The quantitative estimate of drug-likeness (QED) is 0.139. The largest absolute Gasteiger partial charge is 0.344 e. The van der Waals surface area contributed by atoms with Crippen LogP contribution in [0.4, 0.5) is 11.4 Å².